The maximum absolute atomic E-state index is 13.1. The quantitative estimate of drug-likeness (QED) is 0.455. The molecule has 2 atom stereocenters. The summed E-state index contributed by atoms with van der Waals surface area (Å²) in [6, 6.07) is 11.6. The Hall–Kier alpha value is -3.43. The highest BCUT2D eigenvalue weighted by Crippen LogP contribution is 2.42. The number of nitrogens with zero attached hydrogens (tertiary/aromatic N) is 4. The molecule has 2 fully saturated rings. The summed E-state index contributed by atoms with van der Waals surface area (Å²) < 4.78 is 22.7. The number of hydrogen-bond donors (Lipinski definition) is 0. The van der Waals surface area contributed by atoms with Gasteiger partial charge in [-0.1, -0.05) is 12.1 Å². The molecule has 0 saturated carbocycles. The normalized spacial score (nSPS) is 21.1. The maximum atomic E-state index is 13.1. The van der Waals surface area contributed by atoms with Crippen LogP contribution < -0.4 is 9.47 Å². The summed E-state index contributed by atoms with van der Waals surface area (Å²) in [6.07, 6.45) is 0. The minimum absolute atomic E-state index is 0.0486. The molecule has 0 aliphatic carbocycles. The predicted octanol–water partition coefficient (Wildman–Crippen LogP) is 2.82. The van der Waals surface area contributed by atoms with Crippen LogP contribution in [0.4, 0.5) is 0 Å². The number of carbonyl (C=O) groups is 1. The highest BCUT2D eigenvalue weighted by atomic mass is 16.5. The molecule has 196 valence electrons. The van der Waals surface area contributed by atoms with E-state index in [0.717, 1.165) is 28.2 Å². The Labute approximate surface area is 217 Å². The Bertz CT molecular complexity index is 1200. The van der Waals surface area contributed by atoms with Crippen molar-refractivity contribution in [1.29, 1.82) is 0 Å². The molecule has 0 spiro atoms. The van der Waals surface area contributed by atoms with Gasteiger partial charge in [-0.15, -0.1) is 0 Å². The van der Waals surface area contributed by atoms with Gasteiger partial charge in [0, 0.05) is 49.8 Å². The van der Waals surface area contributed by atoms with Crippen molar-refractivity contribution in [2.45, 2.75) is 18.9 Å². The fourth-order valence-electron chi connectivity index (χ4n) is 5.09. The fourth-order valence-corrected chi connectivity index (χ4v) is 5.09. The molecule has 3 heterocycles. The minimum atomic E-state index is -0.278. The summed E-state index contributed by atoms with van der Waals surface area (Å²) in [4.78, 5) is 26.5. The summed E-state index contributed by atoms with van der Waals surface area (Å²) in [5.74, 6) is 1.95. The van der Waals surface area contributed by atoms with Crippen LogP contribution in [0.2, 0.25) is 0 Å². The van der Waals surface area contributed by atoms with Crippen molar-refractivity contribution >= 4 is 17.6 Å². The zero-order chi connectivity index (χ0) is 25.9. The SMILES string of the molecule is CCOc1cc2c(cc1OC)C(c1ccc(C(=O)N=C(N(C)C)N3CCOCC3)cc1)=N[C@@H]1COC[C@H]21. The highest BCUT2D eigenvalue weighted by molar-refractivity contribution is 6.15. The lowest BCUT2D eigenvalue weighted by atomic mass is 9.83. The van der Waals surface area contributed by atoms with Gasteiger partial charge < -0.3 is 28.7 Å². The van der Waals surface area contributed by atoms with Crippen LogP contribution in [0.25, 0.3) is 0 Å². The second-order valence-electron chi connectivity index (χ2n) is 9.50. The zero-order valence-electron chi connectivity index (χ0n) is 21.9. The van der Waals surface area contributed by atoms with Crippen LogP contribution in [-0.4, -0.2) is 101 Å². The molecule has 0 aromatic heterocycles. The van der Waals surface area contributed by atoms with Crippen LogP contribution >= 0.6 is 0 Å². The van der Waals surface area contributed by atoms with Gasteiger partial charge in [-0.25, -0.2) is 0 Å². The van der Waals surface area contributed by atoms with E-state index in [2.05, 4.69) is 16.0 Å². The highest BCUT2D eigenvalue weighted by Gasteiger charge is 2.37. The molecule has 9 nitrogen and oxygen atoms in total. The van der Waals surface area contributed by atoms with Crippen LogP contribution in [-0.2, 0) is 9.47 Å². The third-order valence-corrected chi connectivity index (χ3v) is 6.94. The van der Waals surface area contributed by atoms with Crippen LogP contribution in [0.5, 0.6) is 11.5 Å². The van der Waals surface area contributed by atoms with Gasteiger partial charge in [0.05, 0.1) is 51.9 Å². The molecule has 0 unspecified atom stereocenters. The van der Waals surface area contributed by atoms with Gasteiger partial charge in [0.15, 0.2) is 11.5 Å². The lowest BCUT2D eigenvalue weighted by Gasteiger charge is -2.32. The van der Waals surface area contributed by atoms with Crippen molar-refractivity contribution < 1.29 is 23.7 Å². The number of aliphatic imine (C=N–C) groups is 2. The summed E-state index contributed by atoms with van der Waals surface area (Å²) >= 11 is 0. The van der Waals surface area contributed by atoms with E-state index in [1.54, 1.807) is 7.11 Å². The third-order valence-electron chi connectivity index (χ3n) is 6.94. The Morgan fingerprint density at radius 1 is 1.11 bits per heavy atom. The van der Waals surface area contributed by atoms with Gasteiger partial charge in [-0.05, 0) is 36.8 Å². The van der Waals surface area contributed by atoms with Crippen LogP contribution in [0.3, 0.4) is 0 Å². The molecule has 2 aromatic carbocycles. The summed E-state index contributed by atoms with van der Waals surface area (Å²) in [6.45, 7) is 6.42. The first-order valence-corrected chi connectivity index (χ1v) is 12.7. The number of benzene rings is 2. The molecule has 1 amide bonds. The summed E-state index contributed by atoms with van der Waals surface area (Å²) in [5, 5.41) is 0. The van der Waals surface area contributed by atoms with Gasteiger partial charge in [0.1, 0.15) is 0 Å². The Morgan fingerprint density at radius 3 is 2.54 bits per heavy atom. The molecule has 0 N–H and O–H groups in total. The maximum Gasteiger partial charge on any atom is 0.280 e. The van der Waals surface area contributed by atoms with Crippen molar-refractivity contribution in [3.05, 3.63) is 58.7 Å². The number of fused-ring (bicyclic) bond motifs is 3. The largest absolute Gasteiger partial charge is 0.493 e. The van der Waals surface area contributed by atoms with Crippen molar-refractivity contribution in [1.82, 2.24) is 9.80 Å². The first-order valence-electron chi connectivity index (χ1n) is 12.7. The number of methoxy groups -OCH3 is 1. The molecule has 37 heavy (non-hydrogen) atoms. The van der Waals surface area contributed by atoms with Gasteiger partial charge in [0.2, 0.25) is 5.96 Å². The van der Waals surface area contributed by atoms with E-state index in [4.69, 9.17) is 23.9 Å². The molecule has 5 rings (SSSR count). The van der Waals surface area contributed by atoms with Gasteiger partial charge in [-0.2, -0.15) is 4.99 Å². The monoisotopic (exact) mass is 506 g/mol. The van der Waals surface area contributed by atoms with E-state index >= 15 is 0 Å². The smallest absolute Gasteiger partial charge is 0.280 e. The van der Waals surface area contributed by atoms with Gasteiger partial charge >= 0.3 is 0 Å². The lowest BCUT2D eigenvalue weighted by molar-refractivity contribution is 0.0633. The zero-order valence-corrected chi connectivity index (χ0v) is 21.9. The number of amides is 1. The van der Waals surface area contributed by atoms with Gasteiger partial charge in [0.25, 0.3) is 5.91 Å². The van der Waals surface area contributed by atoms with Crippen LogP contribution in [0.1, 0.15) is 39.9 Å². The summed E-state index contributed by atoms with van der Waals surface area (Å²) in [7, 11) is 5.44. The molecule has 0 radical (unpaired) electrons. The summed E-state index contributed by atoms with van der Waals surface area (Å²) in [5.41, 5.74) is 4.49. The van der Waals surface area contributed by atoms with E-state index in [9.17, 15) is 4.79 Å². The number of rotatable bonds is 5. The molecule has 9 heteroatoms. The average Bonchev–Trinajstić information content (AvgIpc) is 3.40. The first kappa shape index (κ1) is 25.2. The van der Waals surface area contributed by atoms with Crippen LogP contribution in [0.15, 0.2) is 46.4 Å². The number of carbonyl (C=O) groups excluding carboxylic acids is 1. The van der Waals surface area contributed by atoms with E-state index in [1.807, 2.05) is 56.3 Å². The van der Waals surface area contributed by atoms with Crippen molar-refractivity contribution in [2.24, 2.45) is 9.98 Å². The number of morpholine rings is 1. The molecule has 2 aromatic rings. The second kappa shape index (κ2) is 10.9. The van der Waals surface area contributed by atoms with Crippen molar-refractivity contribution in [3.63, 3.8) is 0 Å². The average molecular weight is 507 g/mol. The van der Waals surface area contributed by atoms with E-state index in [-0.39, 0.29) is 17.9 Å². The molecular weight excluding hydrogens is 472 g/mol. The van der Waals surface area contributed by atoms with Crippen LogP contribution in [0, 0.1) is 0 Å². The topological polar surface area (TPSA) is 85.2 Å². The van der Waals surface area contributed by atoms with Crippen molar-refractivity contribution in [3.8, 4) is 11.5 Å². The molecule has 0 bridgehead atoms. The molecule has 2 saturated heterocycles. The van der Waals surface area contributed by atoms with E-state index in [1.165, 1.54) is 0 Å². The number of ether oxygens (including phenoxy) is 4. The Balaban J connectivity index is 1.46. The lowest BCUT2D eigenvalue weighted by Crippen LogP contribution is -2.47. The van der Waals surface area contributed by atoms with E-state index in [0.29, 0.717) is 63.4 Å². The third kappa shape index (κ3) is 5.06. The first-order chi connectivity index (χ1) is 18.0. The standard InChI is InChI=1S/C28H34N4O5/c1-5-37-25-14-20-21(15-24(25)34-4)26(29-23-17-36-16-22(20)23)18-6-8-19(9-7-18)27(33)30-28(31(2)3)32-10-12-35-13-11-32/h6-9,14-15,22-23H,5,10-13,16-17H2,1-4H3/t22-,23-/m1/s1. The molecular formula is C28H34N4O5. The predicted molar refractivity (Wildman–Crippen MR) is 141 cm³/mol. The van der Waals surface area contributed by atoms with Crippen molar-refractivity contribution in [2.75, 3.05) is 67.3 Å². The molecule has 3 aliphatic heterocycles. The minimum Gasteiger partial charge on any atom is -0.493 e. The number of guanidine groups is 1. The fraction of sp³-hybridized carbons (Fsp3) is 0.464. The Morgan fingerprint density at radius 2 is 1.86 bits per heavy atom. The van der Waals surface area contributed by atoms with Gasteiger partial charge in [-0.3, -0.25) is 9.79 Å². The molecule has 3 aliphatic rings. The second-order valence-corrected chi connectivity index (χ2v) is 9.50. The van der Waals surface area contributed by atoms with E-state index < -0.39 is 0 Å². The number of hydrogen-bond acceptors (Lipinski definition) is 6. The Kier molecular flexibility index (Phi) is 7.43.